The first-order chi connectivity index (χ1) is 5.07. The summed E-state index contributed by atoms with van der Waals surface area (Å²) in [5, 5.41) is 9.26. The summed E-state index contributed by atoms with van der Waals surface area (Å²) in [4.78, 5) is 9.26. The SMILES string of the molecule is CC(C)C1CC1.CCC(=O)[O-]. The molecule has 1 aliphatic carbocycles. The average Bonchev–Trinajstić information content (AvgIpc) is 2.69. The molecule has 0 heterocycles. The summed E-state index contributed by atoms with van der Waals surface area (Å²) in [5.41, 5.74) is 0. The minimum atomic E-state index is -0.995. The molecule has 0 spiro atoms. The number of carbonyl (C=O) groups excluding carboxylic acids is 1. The molecule has 0 unspecified atom stereocenters. The minimum Gasteiger partial charge on any atom is -0.550 e. The van der Waals surface area contributed by atoms with Crippen LogP contribution >= 0.6 is 0 Å². The van der Waals surface area contributed by atoms with Crippen molar-refractivity contribution in [2.24, 2.45) is 11.8 Å². The van der Waals surface area contributed by atoms with Crippen LogP contribution in [-0.2, 0) is 4.79 Å². The van der Waals surface area contributed by atoms with Gasteiger partial charge in [-0.1, -0.05) is 20.8 Å². The van der Waals surface area contributed by atoms with Gasteiger partial charge in [-0.2, -0.15) is 0 Å². The Labute approximate surface area is 68.6 Å². The first-order valence-electron chi connectivity index (χ1n) is 4.27. The molecule has 0 amide bonds. The van der Waals surface area contributed by atoms with Gasteiger partial charge in [0.1, 0.15) is 0 Å². The zero-order chi connectivity index (χ0) is 8.85. The zero-order valence-electron chi connectivity index (χ0n) is 7.59. The quantitative estimate of drug-likeness (QED) is 0.604. The zero-order valence-corrected chi connectivity index (χ0v) is 7.59. The molecule has 0 aliphatic heterocycles. The van der Waals surface area contributed by atoms with Gasteiger partial charge in [-0.05, 0) is 31.1 Å². The van der Waals surface area contributed by atoms with Crippen molar-refractivity contribution in [3.8, 4) is 0 Å². The van der Waals surface area contributed by atoms with E-state index in [1.165, 1.54) is 19.8 Å². The third kappa shape index (κ3) is 7.37. The van der Waals surface area contributed by atoms with Crippen molar-refractivity contribution in [2.75, 3.05) is 0 Å². The summed E-state index contributed by atoms with van der Waals surface area (Å²) in [5.74, 6) is 1.07. The number of carboxylic acid groups (broad SMARTS) is 1. The van der Waals surface area contributed by atoms with E-state index in [1.54, 1.807) is 0 Å². The van der Waals surface area contributed by atoms with E-state index in [-0.39, 0.29) is 6.42 Å². The molecule has 0 bridgehead atoms. The predicted molar refractivity (Wildman–Crippen MR) is 42.9 cm³/mol. The van der Waals surface area contributed by atoms with Crippen molar-refractivity contribution in [1.82, 2.24) is 0 Å². The molecule has 66 valence electrons. The molecule has 2 nitrogen and oxygen atoms in total. The van der Waals surface area contributed by atoms with Crippen LogP contribution in [0.2, 0.25) is 0 Å². The molecule has 0 saturated heterocycles. The van der Waals surface area contributed by atoms with Gasteiger partial charge in [-0.15, -0.1) is 0 Å². The number of rotatable bonds is 2. The lowest BCUT2D eigenvalue weighted by Crippen LogP contribution is -2.19. The lowest BCUT2D eigenvalue weighted by molar-refractivity contribution is -0.305. The largest absolute Gasteiger partial charge is 0.550 e. The van der Waals surface area contributed by atoms with Crippen LogP contribution < -0.4 is 5.11 Å². The van der Waals surface area contributed by atoms with Crippen molar-refractivity contribution in [2.45, 2.75) is 40.0 Å². The second-order valence-corrected chi connectivity index (χ2v) is 3.31. The van der Waals surface area contributed by atoms with Crippen molar-refractivity contribution in [1.29, 1.82) is 0 Å². The Morgan fingerprint density at radius 2 is 1.91 bits per heavy atom. The molecule has 1 rings (SSSR count). The summed E-state index contributed by atoms with van der Waals surface area (Å²) in [7, 11) is 0. The van der Waals surface area contributed by atoms with Crippen molar-refractivity contribution >= 4 is 5.97 Å². The van der Waals surface area contributed by atoms with E-state index in [0.29, 0.717) is 0 Å². The molecule has 2 heteroatoms. The highest BCUT2D eigenvalue weighted by Gasteiger charge is 2.23. The fourth-order valence-corrected chi connectivity index (χ4v) is 0.763. The Kier molecular flexibility index (Phi) is 4.92. The highest BCUT2D eigenvalue weighted by atomic mass is 16.4. The van der Waals surface area contributed by atoms with Crippen LogP contribution in [0.15, 0.2) is 0 Å². The molecule has 0 aromatic rings. The summed E-state index contributed by atoms with van der Waals surface area (Å²) < 4.78 is 0. The van der Waals surface area contributed by atoms with Crippen LogP contribution in [0.25, 0.3) is 0 Å². The van der Waals surface area contributed by atoms with Crippen LogP contribution in [0, 0.1) is 11.8 Å². The Bertz CT molecular complexity index is 115. The van der Waals surface area contributed by atoms with E-state index in [9.17, 15) is 9.90 Å². The smallest absolute Gasteiger partial charge is 0.0411 e. The molecule has 1 saturated carbocycles. The van der Waals surface area contributed by atoms with E-state index in [4.69, 9.17) is 0 Å². The predicted octanol–water partition coefficient (Wildman–Crippen LogP) is 1.20. The highest BCUT2D eigenvalue weighted by Crippen LogP contribution is 2.35. The minimum absolute atomic E-state index is 0.111. The molecule has 0 N–H and O–H groups in total. The van der Waals surface area contributed by atoms with Gasteiger partial charge < -0.3 is 9.90 Å². The molecule has 0 atom stereocenters. The Morgan fingerprint density at radius 3 is 1.91 bits per heavy atom. The topological polar surface area (TPSA) is 40.1 Å². The van der Waals surface area contributed by atoms with Crippen molar-refractivity contribution in [3.63, 3.8) is 0 Å². The van der Waals surface area contributed by atoms with Gasteiger partial charge in [0.25, 0.3) is 0 Å². The van der Waals surface area contributed by atoms with Gasteiger partial charge in [0.15, 0.2) is 0 Å². The van der Waals surface area contributed by atoms with Crippen LogP contribution in [0.4, 0.5) is 0 Å². The summed E-state index contributed by atoms with van der Waals surface area (Å²) in [6.45, 7) is 6.14. The van der Waals surface area contributed by atoms with Gasteiger partial charge in [-0.3, -0.25) is 0 Å². The molecule has 0 aromatic heterocycles. The van der Waals surface area contributed by atoms with E-state index in [1.807, 2.05) is 0 Å². The molecule has 1 aliphatic rings. The van der Waals surface area contributed by atoms with Crippen LogP contribution in [0.3, 0.4) is 0 Å². The van der Waals surface area contributed by atoms with E-state index >= 15 is 0 Å². The standard InChI is InChI=1S/C6H12.C3H6O2/c1-5(2)6-3-4-6;1-2-3(4)5/h5-6H,3-4H2,1-2H3;2H2,1H3,(H,4,5)/p-1. The lowest BCUT2D eigenvalue weighted by Gasteiger charge is -1.94. The van der Waals surface area contributed by atoms with Gasteiger partial charge >= 0.3 is 0 Å². The van der Waals surface area contributed by atoms with Gasteiger partial charge in [0.2, 0.25) is 0 Å². The van der Waals surface area contributed by atoms with Gasteiger partial charge in [0, 0.05) is 5.97 Å². The van der Waals surface area contributed by atoms with E-state index in [0.717, 1.165) is 11.8 Å². The molecule has 1 fully saturated rings. The first kappa shape index (κ1) is 10.5. The average molecular weight is 157 g/mol. The number of carboxylic acids is 1. The monoisotopic (exact) mass is 157 g/mol. The maximum atomic E-state index is 9.26. The summed E-state index contributed by atoms with van der Waals surface area (Å²) in [6, 6.07) is 0. The van der Waals surface area contributed by atoms with Crippen molar-refractivity contribution < 1.29 is 9.90 Å². The van der Waals surface area contributed by atoms with Gasteiger partial charge in [0.05, 0.1) is 0 Å². The number of hydrogen-bond acceptors (Lipinski definition) is 2. The summed E-state index contributed by atoms with van der Waals surface area (Å²) >= 11 is 0. The maximum Gasteiger partial charge on any atom is 0.0411 e. The normalized spacial score (nSPS) is 15.6. The summed E-state index contributed by atoms with van der Waals surface area (Å²) in [6.07, 6.45) is 3.11. The second-order valence-electron chi connectivity index (χ2n) is 3.31. The van der Waals surface area contributed by atoms with Crippen LogP contribution in [0.1, 0.15) is 40.0 Å². The fraction of sp³-hybridized carbons (Fsp3) is 0.889. The Hall–Kier alpha value is -0.530. The fourth-order valence-electron chi connectivity index (χ4n) is 0.763. The Morgan fingerprint density at radius 1 is 1.55 bits per heavy atom. The molecule has 0 aromatic carbocycles. The second kappa shape index (κ2) is 5.16. The molecular weight excluding hydrogens is 140 g/mol. The van der Waals surface area contributed by atoms with Gasteiger partial charge in [-0.25, -0.2) is 0 Å². The van der Waals surface area contributed by atoms with Crippen LogP contribution in [0.5, 0.6) is 0 Å². The lowest BCUT2D eigenvalue weighted by atomic mass is 10.1. The maximum absolute atomic E-state index is 9.26. The van der Waals surface area contributed by atoms with E-state index < -0.39 is 5.97 Å². The van der Waals surface area contributed by atoms with Crippen LogP contribution in [-0.4, -0.2) is 5.97 Å². The molecular formula is C9H17O2-. The van der Waals surface area contributed by atoms with Crippen molar-refractivity contribution in [3.05, 3.63) is 0 Å². The number of carbonyl (C=O) groups is 1. The highest BCUT2D eigenvalue weighted by molar-refractivity contribution is 5.63. The Balaban J connectivity index is 0.000000187. The third-order valence-electron chi connectivity index (χ3n) is 1.85. The molecule has 11 heavy (non-hydrogen) atoms. The number of hydrogen-bond donors (Lipinski definition) is 0. The number of aliphatic carboxylic acids is 1. The molecule has 0 radical (unpaired) electrons. The van der Waals surface area contributed by atoms with E-state index in [2.05, 4.69) is 13.8 Å². The third-order valence-corrected chi connectivity index (χ3v) is 1.85. The first-order valence-corrected chi connectivity index (χ1v) is 4.27.